The SMILES string of the molecule is C[C@H](NC(=O)CCCN(c1ccccc1)S(C)(=O)=O)c1ccccc1. The molecule has 2 aromatic rings. The number of sulfonamides is 1. The van der Waals surface area contributed by atoms with Crippen LogP contribution in [0.25, 0.3) is 0 Å². The monoisotopic (exact) mass is 360 g/mol. The van der Waals surface area contributed by atoms with E-state index in [0.717, 1.165) is 5.56 Å². The lowest BCUT2D eigenvalue weighted by molar-refractivity contribution is -0.121. The highest BCUT2D eigenvalue weighted by Gasteiger charge is 2.17. The summed E-state index contributed by atoms with van der Waals surface area (Å²) in [6.45, 7) is 2.20. The standard InChI is InChI=1S/C19H24N2O3S/c1-16(17-10-5-3-6-11-17)20-19(22)14-9-15-21(25(2,23)24)18-12-7-4-8-13-18/h3-8,10-13,16H,9,14-15H2,1-2H3,(H,20,22)/t16-/m0/s1. The van der Waals surface area contributed by atoms with E-state index in [9.17, 15) is 13.2 Å². The van der Waals surface area contributed by atoms with Crippen molar-refractivity contribution >= 4 is 21.6 Å². The van der Waals surface area contributed by atoms with E-state index in [0.29, 0.717) is 12.1 Å². The first kappa shape index (κ1) is 19.0. The molecule has 5 nitrogen and oxygen atoms in total. The number of nitrogens with zero attached hydrogens (tertiary/aromatic N) is 1. The van der Waals surface area contributed by atoms with Gasteiger partial charge in [-0.25, -0.2) is 8.42 Å². The van der Waals surface area contributed by atoms with E-state index in [1.54, 1.807) is 24.3 Å². The molecule has 25 heavy (non-hydrogen) atoms. The number of rotatable bonds is 8. The highest BCUT2D eigenvalue weighted by atomic mass is 32.2. The first-order valence-corrected chi connectivity index (χ1v) is 10.1. The van der Waals surface area contributed by atoms with Crippen LogP contribution in [-0.4, -0.2) is 27.1 Å². The Balaban J connectivity index is 1.88. The van der Waals surface area contributed by atoms with Gasteiger partial charge in [0.2, 0.25) is 15.9 Å². The minimum atomic E-state index is -3.38. The van der Waals surface area contributed by atoms with Gasteiger partial charge in [0.25, 0.3) is 0 Å². The van der Waals surface area contributed by atoms with Crippen molar-refractivity contribution in [2.24, 2.45) is 0 Å². The van der Waals surface area contributed by atoms with Gasteiger partial charge in [-0.15, -0.1) is 0 Å². The van der Waals surface area contributed by atoms with E-state index < -0.39 is 10.0 Å². The zero-order valence-corrected chi connectivity index (χ0v) is 15.4. The van der Waals surface area contributed by atoms with Crippen molar-refractivity contribution in [2.45, 2.75) is 25.8 Å². The molecule has 0 saturated heterocycles. The Kier molecular flexibility index (Phi) is 6.58. The molecule has 2 aromatic carbocycles. The molecule has 1 amide bonds. The number of nitrogens with one attached hydrogen (secondary N) is 1. The molecule has 6 heteroatoms. The summed E-state index contributed by atoms with van der Waals surface area (Å²) in [6, 6.07) is 18.6. The van der Waals surface area contributed by atoms with E-state index in [1.165, 1.54) is 10.6 Å². The number of carbonyl (C=O) groups excluding carboxylic acids is 1. The second-order valence-electron chi connectivity index (χ2n) is 5.97. The van der Waals surface area contributed by atoms with Crippen LogP contribution >= 0.6 is 0 Å². The lowest BCUT2D eigenvalue weighted by atomic mass is 10.1. The molecular weight excluding hydrogens is 336 g/mol. The predicted octanol–water partition coefficient (Wildman–Crippen LogP) is 3.11. The second-order valence-corrected chi connectivity index (χ2v) is 7.88. The Hall–Kier alpha value is -2.34. The molecule has 0 spiro atoms. The van der Waals surface area contributed by atoms with Crippen molar-refractivity contribution in [1.29, 1.82) is 0 Å². The van der Waals surface area contributed by atoms with Crippen LogP contribution in [0.15, 0.2) is 60.7 Å². The summed E-state index contributed by atoms with van der Waals surface area (Å²) in [7, 11) is -3.38. The van der Waals surface area contributed by atoms with Gasteiger partial charge in [0.05, 0.1) is 18.0 Å². The molecule has 1 atom stereocenters. The van der Waals surface area contributed by atoms with E-state index in [2.05, 4.69) is 5.32 Å². The third-order valence-electron chi connectivity index (χ3n) is 3.89. The average molecular weight is 360 g/mol. The summed E-state index contributed by atoms with van der Waals surface area (Å²) < 4.78 is 25.3. The Labute approximate surface area is 149 Å². The Bertz CT molecular complexity index is 777. The van der Waals surface area contributed by atoms with Gasteiger partial charge in [0.1, 0.15) is 0 Å². The van der Waals surface area contributed by atoms with Crippen LogP contribution in [0.2, 0.25) is 0 Å². The molecule has 0 aliphatic heterocycles. The van der Waals surface area contributed by atoms with Crippen molar-refractivity contribution in [3.05, 3.63) is 66.2 Å². The van der Waals surface area contributed by atoms with Crippen LogP contribution in [0, 0.1) is 0 Å². The second kappa shape index (κ2) is 8.67. The summed E-state index contributed by atoms with van der Waals surface area (Å²) in [5.74, 6) is -0.0853. The van der Waals surface area contributed by atoms with Gasteiger partial charge < -0.3 is 5.32 Å². The molecule has 0 radical (unpaired) electrons. The van der Waals surface area contributed by atoms with E-state index in [1.807, 2.05) is 43.3 Å². The molecule has 1 N–H and O–H groups in total. The fraction of sp³-hybridized carbons (Fsp3) is 0.316. The molecule has 134 valence electrons. The highest BCUT2D eigenvalue weighted by molar-refractivity contribution is 7.92. The lowest BCUT2D eigenvalue weighted by Crippen LogP contribution is -2.32. The number of amides is 1. The van der Waals surface area contributed by atoms with Gasteiger partial charge in [-0.1, -0.05) is 48.5 Å². The molecule has 0 aliphatic carbocycles. The fourth-order valence-corrected chi connectivity index (χ4v) is 3.57. The maximum atomic E-state index is 12.1. The molecule has 0 aromatic heterocycles. The van der Waals surface area contributed by atoms with Gasteiger partial charge in [0, 0.05) is 13.0 Å². The zero-order valence-electron chi connectivity index (χ0n) is 14.6. The van der Waals surface area contributed by atoms with Crippen molar-refractivity contribution in [1.82, 2.24) is 5.32 Å². The number of hydrogen-bond acceptors (Lipinski definition) is 3. The van der Waals surface area contributed by atoms with E-state index in [4.69, 9.17) is 0 Å². The third-order valence-corrected chi connectivity index (χ3v) is 5.08. The summed E-state index contributed by atoms with van der Waals surface area (Å²) in [6.07, 6.45) is 1.91. The van der Waals surface area contributed by atoms with Crippen molar-refractivity contribution in [3.63, 3.8) is 0 Å². The maximum absolute atomic E-state index is 12.1. The smallest absolute Gasteiger partial charge is 0.232 e. The third kappa shape index (κ3) is 5.90. The minimum Gasteiger partial charge on any atom is -0.350 e. The van der Waals surface area contributed by atoms with Crippen LogP contribution < -0.4 is 9.62 Å². The van der Waals surface area contributed by atoms with Gasteiger partial charge in [-0.3, -0.25) is 9.10 Å². The van der Waals surface area contributed by atoms with E-state index >= 15 is 0 Å². The normalized spacial score (nSPS) is 12.4. The first-order valence-electron chi connectivity index (χ1n) is 8.25. The molecule has 0 fully saturated rings. The first-order chi connectivity index (χ1) is 11.9. The number of carbonyl (C=O) groups is 1. The Morgan fingerprint density at radius 3 is 2.16 bits per heavy atom. The minimum absolute atomic E-state index is 0.0752. The van der Waals surface area contributed by atoms with Crippen molar-refractivity contribution in [2.75, 3.05) is 17.1 Å². The predicted molar refractivity (Wildman–Crippen MR) is 101 cm³/mol. The summed E-state index contributed by atoms with van der Waals surface area (Å²) in [4.78, 5) is 12.1. The number of anilines is 1. The molecule has 0 unspecified atom stereocenters. The summed E-state index contributed by atoms with van der Waals surface area (Å²) in [5.41, 5.74) is 1.65. The van der Waals surface area contributed by atoms with Gasteiger partial charge in [0.15, 0.2) is 0 Å². The fourth-order valence-electron chi connectivity index (χ4n) is 2.60. The molecule has 2 rings (SSSR count). The van der Waals surface area contributed by atoms with Crippen LogP contribution in [0.5, 0.6) is 0 Å². The van der Waals surface area contributed by atoms with Gasteiger partial charge in [-0.05, 0) is 31.0 Å². The Morgan fingerprint density at radius 2 is 1.60 bits per heavy atom. The topological polar surface area (TPSA) is 66.5 Å². The largest absolute Gasteiger partial charge is 0.350 e. The molecule has 0 aliphatic rings. The van der Waals surface area contributed by atoms with Crippen molar-refractivity contribution in [3.8, 4) is 0 Å². The zero-order chi connectivity index (χ0) is 18.3. The number of para-hydroxylation sites is 1. The number of hydrogen-bond donors (Lipinski definition) is 1. The highest BCUT2D eigenvalue weighted by Crippen LogP contribution is 2.17. The van der Waals surface area contributed by atoms with Crippen LogP contribution in [-0.2, 0) is 14.8 Å². The van der Waals surface area contributed by atoms with Crippen molar-refractivity contribution < 1.29 is 13.2 Å². The lowest BCUT2D eigenvalue weighted by Gasteiger charge is -2.22. The summed E-state index contributed by atoms with van der Waals surface area (Å²) in [5, 5.41) is 2.94. The van der Waals surface area contributed by atoms with Gasteiger partial charge in [-0.2, -0.15) is 0 Å². The molecule has 0 heterocycles. The quantitative estimate of drug-likeness (QED) is 0.786. The number of benzene rings is 2. The Morgan fingerprint density at radius 1 is 1.04 bits per heavy atom. The summed E-state index contributed by atoms with van der Waals surface area (Å²) >= 11 is 0. The average Bonchev–Trinajstić information content (AvgIpc) is 2.59. The van der Waals surface area contributed by atoms with Crippen LogP contribution in [0.1, 0.15) is 31.4 Å². The molecular formula is C19H24N2O3S. The van der Waals surface area contributed by atoms with Crippen LogP contribution in [0.4, 0.5) is 5.69 Å². The van der Waals surface area contributed by atoms with E-state index in [-0.39, 0.29) is 24.9 Å². The van der Waals surface area contributed by atoms with Crippen LogP contribution in [0.3, 0.4) is 0 Å². The molecule has 0 bridgehead atoms. The maximum Gasteiger partial charge on any atom is 0.232 e. The van der Waals surface area contributed by atoms with Gasteiger partial charge >= 0.3 is 0 Å². The molecule has 0 saturated carbocycles.